The van der Waals surface area contributed by atoms with E-state index in [0.717, 1.165) is 12.2 Å². The maximum absolute atomic E-state index is 5.31. The topological polar surface area (TPSA) is 21.3 Å². The van der Waals surface area contributed by atoms with E-state index in [1.54, 1.807) is 7.11 Å². The third-order valence-electron chi connectivity index (χ3n) is 2.80. The molecule has 0 atom stereocenters. The molecule has 0 unspecified atom stereocenters. The van der Waals surface area contributed by atoms with Crippen LogP contribution < -0.4 is 10.1 Å². The molecule has 1 aromatic carbocycles. The summed E-state index contributed by atoms with van der Waals surface area (Å²) in [5, 5.41) is 3.30. The van der Waals surface area contributed by atoms with Crippen LogP contribution in [0.1, 0.15) is 25.0 Å². The molecule has 15 heavy (non-hydrogen) atoms. The van der Waals surface area contributed by atoms with Gasteiger partial charge in [0.25, 0.3) is 0 Å². The Morgan fingerprint density at radius 3 is 2.53 bits per heavy atom. The van der Waals surface area contributed by atoms with Gasteiger partial charge in [-0.2, -0.15) is 0 Å². The first-order valence-electron chi connectivity index (χ1n) is 5.31. The number of aryl methyl sites for hydroxylation is 1. The highest BCUT2D eigenvalue weighted by Crippen LogP contribution is 2.21. The summed E-state index contributed by atoms with van der Waals surface area (Å²) >= 11 is 0. The van der Waals surface area contributed by atoms with Crippen molar-refractivity contribution in [3.8, 4) is 5.75 Å². The number of hydrogen-bond donors (Lipinski definition) is 1. The molecule has 1 rings (SSSR count). The van der Waals surface area contributed by atoms with Gasteiger partial charge in [-0.05, 0) is 51.4 Å². The van der Waals surface area contributed by atoms with Gasteiger partial charge in [-0.3, -0.25) is 0 Å². The van der Waals surface area contributed by atoms with E-state index in [9.17, 15) is 0 Å². The van der Waals surface area contributed by atoms with E-state index < -0.39 is 0 Å². The minimum atomic E-state index is 0.125. The molecule has 0 fully saturated rings. The maximum atomic E-state index is 5.31. The van der Waals surface area contributed by atoms with E-state index in [1.807, 2.05) is 7.05 Å². The first kappa shape index (κ1) is 12.1. The van der Waals surface area contributed by atoms with Gasteiger partial charge in [0.15, 0.2) is 0 Å². The first-order chi connectivity index (χ1) is 6.98. The Kier molecular flexibility index (Phi) is 3.75. The third kappa shape index (κ3) is 3.24. The molecular weight excluding hydrogens is 186 g/mol. The second kappa shape index (κ2) is 4.67. The molecule has 1 N–H and O–H groups in total. The fraction of sp³-hybridized carbons (Fsp3) is 0.538. The standard InChI is InChI=1S/C13H21NO/c1-10-6-7-11(8-12(10)15-5)9-13(2,3)14-4/h6-8,14H,9H2,1-5H3. The number of hydrogen-bond acceptors (Lipinski definition) is 2. The van der Waals surface area contributed by atoms with Gasteiger partial charge in [0, 0.05) is 5.54 Å². The first-order valence-corrected chi connectivity index (χ1v) is 5.31. The monoisotopic (exact) mass is 207 g/mol. The summed E-state index contributed by atoms with van der Waals surface area (Å²) in [7, 11) is 3.71. The lowest BCUT2D eigenvalue weighted by Gasteiger charge is -2.24. The zero-order valence-electron chi connectivity index (χ0n) is 10.3. The molecule has 0 saturated heterocycles. The Morgan fingerprint density at radius 1 is 1.33 bits per heavy atom. The summed E-state index contributed by atoms with van der Waals surface area (Å²) < 4.78 is 5.31. The molecule has 0 heterocycles. The quantitative estimate of drug-likeness (QED) is 0.819. The molecule has 0 bridgehead atoms. The van der Waals surface area contributed by atoms with Gasteiger partial charge < -0.3 is 10.1 Å². The SMILES string of the molecule is CNC(C)(C)Cc1ccc(C)c(OC)c1. The minimum Gasteiger partial charge on any atom is -0.496 e. The molecule has 0 aliphatic heterocycles. The van der Waals surface area contributed by atoms with Crippen LogP contribution in [0, 0.1) is 6.92 Å². The molecule has 0 aromatic heterocycles. The van der Waals surface area contributed by atoms with Crippen LogP contribution in [0.4, 0.5) is 0 Å². The van der Waals surface area contributed by atoms with Crippen molar-refractivity contribution >= 4 is 0 Å². The molecular formula is C13H21NO. The molecule has 84 valence electrons. The Labute approximate surface area is 92.6 Å². The third-order valence-corrected chi connectivity index (χ3v) is 2.80. The van der Waals surface area contributed by atoms with E-state index in [0.29, 0.717) is 0 Å². The smallest absolute Gasteiger partial charge is 0.122 e. The van der Waals surface area contributed by atoms with Crippen molar-refractivity contribution in [1.29, 1.82) is 0 Å². The fourth-order valence-corrected chi connectivity index (χ4v) is 1.57. The van der Waals surface area contributed by atoms with Gasteiger partial charge in [0.2, 0.25) is 0 Å². The van der Waals surface area contributed by atoms with E-state index in [4.69, 9.17) is 4.74 Å². The number of methoxy groups -OCH3 is 1. The van der Waals surface area contributed by atoms with Crippen molar-refractivity contribution in [3.63, 3.8) is 0 Å². The molecule has 0 amide bonds. The molecule has 0 saturated carbocycles. The average molecular weight is 207 g/mol. The summed E-state index contributed by atoms with van der Waals surface area (Å²) in [4.78, 5) is 0. The molecule has 2 nitrogen and oxygen atoms in total. The predicted molar refractivity (Wildman–Crippen MR) is 64.6 cm³/mol. The Morgan fingerprint density at radius 2 is 2.00 bits per heavy atom. The van der Waals surface area contributed by atoms with E-state index in [1.165, 1.54) is 11.1 Å². The highest BCUT2D eigenvalue weighted by molar-refractivity contribution is 5.37. The van der Waals surface area contributed by atoms with Crippen molar-refractivity contribution < 1.29 is 4.74 Å². The van der Waals surface area contributed by atoms with Crippen LogP contribution in [0.3, 0.4) is 0 Å². The largest absolute Gasteiger partial charge is 0.496 e. The Balaban J connectivity index is 2.87. The van der Waals surface area contributed by atoms with Gasteiger partial charge in [0.1, 0.15) is 5.75 Å². The molecule has 0 aliphatic rings. The van der Waals surface area contributed by atoms with Gasteiger partial charge in [-0.1, -0.05) is 12.1 Å². The van der Waals surface area contributed by atoms with E-state index >= 15 is 0 Å². The summed E-state index contributed by atoms with van der Waals surface area (Å²) in [6, 6.07) is 6.39. The summed E-state index contributed by atoms with van der Waals surface area (Å²) in [6.07, 6.45) is 1.00. The summed E-state index contributed by atoms with van der Waals surface area (Å²) in [5.74, 6) is 0.972. The van der Waals surface area contributed by atoms with Crippen LogP contribution in [0.5, 0.6) is 5.75 Å². The lowest BCUT2D eigenvalue weighted by atomic mass is 9.94. The predicted octanol–water partition coefficient (Wildman–Crippen LogP) is 2.54. The van der Waals surface area contributed by atoms with Gasteiger partial charge >= 0.3 is 0 Å². The summed E-state index contributed by atoms with van der Waals surface area (Å²) in [6.45, 7) is 6.45. The number of likely N-dealkylation sites (N-methyl/N-ethyl adjacent to an activating group) is 1. The molecule has 1 aromatic rings. The van der Waals surface area contributed by atoms with E-state index in [2.05, 4.69) is 44.3 Å². The summed E-state index contributed by atoms with van der Waals surface area (Å²) in [5.41, 5.74) is 2.61. The lowest BCUT2D eigenvalue weighted by molar-refractivity contribution is 0.405. The van der Waals surface area contributed by atoms with Crippen molar-refractivity contribution in [3.05, 3.63) is 29.3 Å². The van der Waals surface area contributed by atoms with Crippen molar-refractivity contribution in [2.75, 3.05) is 14.2 Å². The maximum Gasteiger partial charge on any atom is 0.122 e. The zero-order chi connectivity index (χ0) is 11.5. The van der Waals surface area contributed by atoms with Crippen molar-refractivity contribution in [2.24, 2.45) is 0 Å². The lowest BCUT2D eigenvalue weighted by Crippen LogP contribution is -2.38. The van der Waals surface area contributed by atoms with Gasteiger partial charge in [0.05, 0.1) is 7.11 Å². The van der Waals surface area contributed by atoms with Crippen LogP contribution in [0.25, 0.3) is 0 Å². The Bertz CT molecular complexity index is 331. The molecule has 0 spiro atoms. The average Bonchev–Trinajstić information content (AvgIpc) is 2.20. The fourth-order valence-electron chi connectivity index (χ4n) is 1.57. The molecule has 0 aliphatic carbocycles. The van der Waals surface area contributed by atoms with Crippen LogP contribution in [0.2, 0.25) is 0 Å². The second-order valence-corrected chi connectivity index (χ2v) is 4.61. The van der Waals surface area contributed by atoms with Gasteiger partial charge in [-0.25, -0.2) is 0 Å². The molecule has 2 heteroatoms. The van der Waals surface area contributed by atoms with Crippen molar-refractivity contribution in [1.82, 2.24) is 5.32 Å². The van der Waals surface area contributed by atoms with Crippen molar-refractivity contribution in [2.45, 2.75) is 32.7 Å². The van der Waals surface area contributed by atoms with Crippen LogP contribution >= 0.6 is 0 Å². The normalized spacial score (nSPS) is 11.5. The van der Waals surface area contributed by atoms with Gasteiger partial charge in [-0.15, -0.1) is 0 Å². The second-order valence-electron chi connectivity index (χ2n) is 4.61. The highest BCUT2D eigenvalue weighted by Gasteiger charge is 2.15. The number of ether oxygens (including phenoxy) is 1. The zero-order valence-corrected chi connectivity index (χ0v) is 10.3. The van der Waals surface area contributed by atoms with Crippen LogP contribution in [-0.4, -0.2) is 19.7 Å². The highest BCUT2D eigenvalue weighted by atomic mass is 16.5. The Hall–Kier alpha value is -1.02. The number of rotatable bonds is 4. The number of benzene rings is 1. The van der Waals surface area contributed by atoms with Crippen LogP contribution in [0.15, 0.2) is 18.2 Å². The van der Waals surface area contributed by atoms with Crippen LogP contribution in [-0.2, 0) is 6.42 Å². The minimum absolute atomic E-state index is 0.125. The van der Waals surface area contributed by atoms with E-state index in [-0.39, 0.29) is 5.54 Å². The molecule has 0 radical (unpaired) electrons. The number of nitrogens with one attached hydrogen (secondary N) is 1.